The minimum Gasteiger partial charge on any atom is -0.467 e. The lowest BCUT2D eigenvalue weighted by Gasteiger charge is -2.13. The molecule has 0 aliphatic carbocycles. The van der Waals surface area contributed by atoms with Crippen LogP contribution in [0.2, 0.25) is 0 Å². The second-order valence-corrected chi connectivity index (χ2v) is 5.30. The van der Waals surface area contributed by atoms with Crippen LogP contribution in [-0.4, -0.2) is 6.03 Å². The van der Waals surface area contributed by atoms with E-state index in [-0.39, 0.29) is 6.03 Å². The van der Waals surface area contributed by atoms with Crippen LogP contribution in [0.1, 0.15) is 11.3 Å². The number of hydrogen-bond donors (Lipinski definition) is 2. The molecule has 2 amide bonds. The van der Waals surface area contributed by atoms with Crippen molar-refractivity contribution in [3.05, 3.63) is 78.3 Å². The number of benzene rings is 2. The fraction of sp³-hybridized carbons (Fsp3) is 0.105. The number of carbonyl (C=O) groups is 1. The standard InChI is InChI=1S/C19H18N2O3/c1-14-6-4-7-15(12-14)24-18-10-3-2-9-17(18)21-19(22)20-13-16-8-5-11-23-16/h2-12H,13H2,1H3,(H2,20,21,22). The number of carbonyl (C=O) groups excluding carboxylic acids is 1. The zero-order chi connectivity index (χ0) is 16.8. The highest BCUT2D eigenvalue weighted by Gasteiger charge is 2.08. The molecule has 0 aliphatic rings. The van der Waals surface area contributed by atoms with Gasteiger partial charge in [0.1, 0.15) is 11.5 Å². The molecule has 0 bridgehead atoms. The summed E-state index contributed by atoms with van der Waals surface area (Å²) in [4.78, 5) is 12.0. The number of urea groups is 1. The van der Waals surface area contributed by atoms with Gasteiger partial charge >= 0.3 is 6.03 Å². The van der Waals surface area contributed by atoms with Gasteiger partial charge in [-0.15, -0.1) is 0 Å². The van der Waals surface area contributed by atoms with Crippen molar-refractivity contribution in [3.8, 4) is 11.5 Å². The molecule has 3 aromatic rings. The summed E-state index contributed by atoms with van der Waals surface area (Å²) in [6.07, 6.45) is 1.57. The molecule has 24 heavy (non-hydrogen) atoms. The van der Waals surface area contributed by atoms with Gasteiger partial charge in [0.2, 0.25) is 0 Å². The fourth-order valence-electron chi connectivity index (χ4n) is 2.21. The Morgan fingerprint density at radius 3 is 2.75 bits per heavy atom. The summed E-state index contributed by atoms with van der Waals surface area (Å²) in [6.45, 7) is 2.32. The Balaban J connectivity index is 1.66. The molecule has 0 atom stereocenters. The number of ether oxygens (including phenoxy) is 1. The molecular weight excluding hydrogens is 304 g/mol. The molecule has 1 heterocycles. The zero-order valence-corrected chi connectivity index (χ0v) is 13.3. The van der Waals surface area contributed by atoms with E-state index >= 15 is 0 Å². The van der Waals surface area contributed by atoms with E-state index in [1.807, 2.05) is 49.4 Å². The predicted molar refractivity (Wildman–Crippen MR) is 92.3 cm³/mol. The number of amides is 2. The third-order valence-corrected chi connectivity index (χ3v) is 3.36. The molecule has 0 radical (unpaired) electrons. The van der Waals surface area contributed by atoms with Gasteiger partial charge in [-0.2, -0.15) is 0 Å². The highest BCUT2D eigenvalue weighted by Crippen LogP contribution is 2.29. The molecule has 122 valence electrons. The van der Waals surface area contributed by atoms with E-state index in [4.69, 9.17) is 9.15 Å². The molecule has 0 aliphatic heterocycles. The average Bonchev–Trinajstić information content (AvgIpc) is 3.08. The molecular formula is C19H18N2O3. The van der Waals surface area contributed by atoms with E-state index in [2.05, 4.69) is 10.6 Å². The van der Waals surface area contributed by atoms with Crippen LogP contribution in [0.3, 0.4) is 0 Å². The Morgan fingerprint density at radius 2 is 1.96 bits per heavy atom. The molecule has 3 rings (SSSR count). The minimum absolute atomic E-state index is 0.319. The van der Waals surface area contributed by atoms with Gasteiger partial charge in [-0.05, 0) is 48.9 Å². The highest BCUT2D eigenvalue weighted by atomic mass is 16.5. The molecule has 5 nitrogen and oxygen atoms in total. The Bertz CT molecular complexity index is 813. The molecule has 2 aromatic carbocycles. The van der Waals surface area contributed by atoms with Crippen molar-refractivity contribution in [1.82, 2.24) is 5.32 Å². The summed E-state index contributed by atoms with van der Waals surface area (Å²) in [5.74, 6) is 1.99. The van der Waals surface area contributed by atoms with Gasteiger partial charge in [0, 0.05) is 0 Å². The van der Waals surface area contributed by atoms with Gasteiger partial charge in [0.05, 0.1) is 18.5 Å². The van der Waals surface area contributed by atoms with E-state index in [0.29, 0.717) is 23.7 Å². The third kappa shape index (κ3) is 4.16. The number of nitrogens with one attached hydrogen (secondary N) is 2. The first kappa shape index (κ1) is 15.7. The fourth-order valence-corrected chi connectivity index (χ4v) is 2.21. The van der Waals surface area contributed by atoms with Crippen molar-refractivity contribution >= 4 is 11.7 Å². The lowest BCUT2D eigenvalue weighted by Crippen LogP contribution is -2.28. The van der Waals surface area contributed by atoms with Crippen molar-refractivity contribution in [1.29, 1.82) is 0 Å². The zero-order valence-electron chi connectivity index (χ0n) is 13.3. The largest absolute Gasteiger partial charge is 0.467 e. The summed E-state index contributed by atoms with van der Waals surface area (Å²) in [5, 5.41) is 5.53. The number of furan rings is 1. The minimum atomic E-state index is -0.327. The lowest BCUT2D eigenvalue weighted by atomic mass is 10.2. The number of anilines is 1. The molecule has 1 aromatic heterocycles. The van der Waals surface area contributed by atoms with Crippen molar-refractivity contribution in [2.75, 3.05) is 5.32 Å². The maximum Gasteiger partial charge on any atom is 0.319 e. The quantitative estimate of drug-likeness (QED) is 0.715. The van der Waals surface area contributed by atoms with Crippen LogP contribution in [0.4, 0.5) is 10.5 Å². The summed E-state index contributed by atoms with van der Waals surface area (Å²) in [7, 11) is 0. The summed E-state index contributed by atoms with van der Waals surface area (Å²) < 4.78 is 11.1. The molecule has 2 N–H and O–H groups in total. The maximum atomic E-state index is 12.0. The van der Waals surface area contributed by atoms with E-state index in [0.717, 1.165) is 11.3 Å². The molecule has 0 saturated carbocycles. The van der Waals surface area contributed by atoms with Crippen LogP contribution in [0.15, 0.2) is 71.3 Å². The van der Waals surface area contributed by atoms with E-state index in [1.165, 1.54) is 0 Å². The van der Waals surface area contributed by atoms with Gasteiger partial charge in [0.25, 0.3) is 0 Å². The van der Waals surface area contributed by atoms with E-state index in [9.17, 15) is 4.79 Å². The van der Waals surface area contributed by atoms with Crippen molar-refractivity contribution in [3.63, 3.8) is 0 Å². The summed E-state index contributed by atoms with van der Waals surface area (Å²) in [6, 6.07) is 18.3. The second kappa shape index (κ2) is 7.37. The normalized spacial score (nSPS) is 10.2. The van der Waals surface area contributed by atoms with Crippen molar-refractivity contribution in [2.24, 2.45) is 0 Å². The Kier molecular flexibility index (Phi) is 4.81. The Labute approximate surface area is 140 Å². The first-order valence-corrected chi connectivity index (χ1v) is 7.61. The predicted octanol–water partition coefficient (Wildman–Crippen LogP) is 4.70. The molecule has 0 saturated heterocycles. The van der Waals surface area contributed by atoms with Gasteiger partial charge in [0.15, 0.2) is 5.75 Å². The van der Waals surface area contributed by atoms with Gasteiger partial charge in [-0.3, -0.25) is 0 Å². The molecule has 0 spiro atoms. The second-order valence-electron chi connectivity index (χ2n) is 5.30. The molecule has 0 fully saturated rings. The number of para-hydroxylation sites is 2. The van der Waals surface area contributed by atoms with Crippen molar-refractivity contribution < 1.29 is 13.9 Å². The third-order valence-electron chi connectivity index (χ3n) is 3.36. The van der Waals surface area contributed by atoms with E-state index in [1.54, 1.807) is 24.5 Å². The van der Waals surface area contributed by atoms with Crippen LogP contribution in [-0.2, 0) is 6.54 Å². The van der Waals surface area contributed by atoms with Gasteiger partial charge in [-0.25, -0.2) is 4.79 Å². The lowest BCUT2D eigenvalue weighted by molar-refractivity contribution is 0.250. The van der Waals surface area contributed by atoms with Crippen LogP contribution < -0.4 is 15.4 Å². The SMILES string of the molecule is Cc1cccc(Oc2ccccc2NC(=O)NCc2ccco2)c1. The Hall–Kier alpha value is -3.21. The average molecular weight is 322 g/mol. The number of rotatable bonds is 5. The number of aryl methyl sites for hydroxylation is 1. The monoisotopic (exact) mass is 322 g/mol. The van der Waals surface area contributed by atoms with Gasteiger partial charge < -0.3 is 19.8 Å². The summed E-state index contributed by atoms with van der Waals surface area (Å²) >= 11 is 0. The van der Waals surface area contributed by atoms with Crippen LogP contribution >= 0.6 is 0 Å². The highest BCUT2D eigenvalue weighted by molar-refractivity contribution is 5.90. The van der Waals surface area contributed by atoms with Crippen LogP contribution in [0.5, 0.6) is 11.5 Å². The first-order chi connectivity index (χ1) is 11.7. The van der Waals surface area contributed by atoms with Crippen LogP contribution in [0, 0.1) is 6.92 Å². The van der Waals surface area contributed by atoms with Crippen LogP contribution in [0.25, 0.3) is 0 Å². The van der Waals surface area contributed by atoms with Gasteiger partial charge in [-0.1, -0.05) is 24.3 Å². The molecule has 5 heteroatoms. The van der Waals surface area contributed by atoms with E-state index < -0.39 is 0 Å². The maximum absolute atomic E-state index is 12.0. The first-order valence-electron chi connectivity index (χ1n) is 7.61. The molecule has 0 unspecified atom stereocenters. The topological polar surface area (TPSA) is 63.5 Å². The summed E-state index contributed by atoms with van der Waals surface area (Å²) in [5.41, 5.74) is 1.70. The smallest absolute Gasteiger partial charge is 0.319 e. The Morgan fingerprint density at radius 1 is 1.08 bits per heavy atom. The van der Waals surface area contributed by atoms with Crippen molar-refractivity contribution in [2.45, 2.75) is 13.5 Å². The number of hydrogen-bond acceptors (Lipinski definition) is 3.